The first-order valence-electron chi connectivity index (χ1n) is 6.23. The number of carbonyl (C=O) groups is 1. The number of aliphatic hydroxyl groups excluding tert-OH is 1. The number of hydrogen-bond donors (Lipinski definition) is 2. The average Bonchev–Trinajstić information content (AvgIpc) is 2.76. The first-order valence-corrected chi connectivity index (χ1v) is 6.23. The smallest absolute Gasteiger partial charge is 0.253 e. The fourth-order valence-corrected chi connectivity index (χ4v) is 2.17. The van der Waals surface area contributed by atoms with E-state index in [1.165, 1.54) is 0 Å². The molecule has 1 amide bonds. The van der Waals surface area contributed by atoms with E-state index in [-0.39, 0.29) is 12.5 Å². The molecular weight excluding hydrogens is 242 g/mol. The van der Waals surface area contributed by atoms with Crippen LogP contribution in [0.2, 0.25) is 0 Å². The number of aliphatic hydroxyl groups is 2. The maximum atomic E-state index is 12.3. The predicted molar refractivity (Wildman–Crippen MR) is 71.6 cm³/mol. The summed E-state index contributed by atoms with van der Waals surface area (Å²) >= 11 is 0. The van der Waals surface area contributed by atoms with E-state index < -0.39 is 5.60 Å². The van der Waals surface area contributed by atoms with E-state index >= 15 is 0 Å². The Hall–Kier alpha value is -1.83. The molecule has 1 aliphatic rings. The molecule has 4 nitrogen and oxygen atoms in total. The minimum absolute atomic E-state index is 0.0922. The molecule has 0 aliphatic carbocycles. The molecule has 1 aromatic carbocycles. The molecule has 4 heteroatoms. The summed E-state index contributed by atoms with van der Waals surface area (Å²) in [4.78, 5) is 13.9. The Balaban J connectivity index is 2.16. The normalized spacial score (nSPS) is 21.9. The second-order valence-corrected chi connectivity index (χ2v) is 5.01. The number of nitrogens with zero attached hydrogens (tertiary/aromatic N) is 1. The Morgan fingerprint density at radius 1 is 1.53 bits per heavy atom. The summed E-state index contributed by atoms with van der Waals surface area (Å²) in [5.74, 6) is 5.24. The van der Waals surface area contributed by atoms with E-state index in [0.717, 1.165) is 0 Å². The molecule has 0 radical (unpaired) electrons. The standard InChI is InChI=1S/C15H17NO3/c1-15(19)7-8-16(11-15)14(18)13-6-2-4-12(10-13)5-3-9-17/h2,4,6,10,17,19H,7-9,11H2,1H3. The van der Waals surface area contributed by atoms with Crippen LogP contribution in [0.3, 0.4) is 0 Å². The van der Waals surface area contributed by atoms with Crippen molar-refractivity contribution < 1.29 is 15.0 Å². The predicted octanol–water partition coefficient (Wildman–Crippen LogP) is 0.627. The van der Waals surface area contributed by atoms with Gasteiger partial charge in [0.25, 0.3) is 5.91 Å². The first-order chi connectivity index (χ1) is 9.02. The minimum Gasteiger partial charge on any atom is -0.388 e. The van der Waals surface area contributed by atoms with Gasteiger partial charge in [-0.05, 0) is 31.5 Å². The van der Waals surface area contributed by atoms with Crippen LogP contribution in [0.25, 0.3) is 0 Å². The zero-order chi connectivity index (χ0) is 13.9. The van der Waals surface area contributed by atoms with Crippen LogP contribution < -0.4 is 0 Å². The third kappa shape index (κ3) is 3.34. The Morgan fingerprint density at radius 2 is 2.32 bits per heavy atom. The molecule has 1 atom stereocenters. The first kappa shape index (κ1) is 13.6. The molecule has 100 valence electrons. The average molecular weight is 259 g/mol. The third-order valence-corrected chi connectivity index (χ3v) is 3.16. The fourth-order valence-electron chi connectivity index (χ4n) is 2.17. The summed E-state index contributed by atoms with van der Waals surface area (Å²) in [6.45, 7) is 2.47. The van der Waals surface area contributed by atoms with Crippen molar-refractivity contribution >= 4 is 5.91 Å². The lowest BCUT2D eigenvalue weighted by Gasteiger charge is -2.19. The maximum absolute atomic E-state index is 12.3. The van der Waals surface area contributed by atoms with Gasteiger partial charge in [0.05, 0.1) is 5.60 Å². The molecule has 0 saturated carbocycles. The highest BCUT2D eigenvalue weighted by Crippen LogP contribution is 2.22. The van der Waals surface area contributed by atoms with Gasteiger partial charge < -0.3 is 15.1 Å². The van der Waals surface area contributed by atoms with Gasteiger partial charge in [0, 0.05) is 24.2 Å². The number of β-amino-alcohol motifs (C(OH)–C–C–N with tert-alkyl or cyclic N) is 1. The fraction of sp³-hybridized carbons (Fsp3) is 0.400. The third-order valence-electron chi connectivity index (χ3n) is 3.16. The lowest BCUT2D eigenvalue weighted by Crippen LogP contribution is -2.33. The highest BCUT2D eigenvalue weighted by Gasteiger charge is 2.34. The molecule has 0 spiro atoms. The number of benzene rings is 1. The zero-order valence-electron chi connectivity index (χ0n) is 10.9. The highest BCUT2D eigenvalue weighted by atomic mass is 16.3. The highest BCUT2D eigenvalue weighted by molar-refractivity contribution is 5.94. The van der Waals surface area contributed by atoms with Crippen LogP contribution in [-0.4, -0.2) is 46.3 Å². The summed E-state index contributed by atoms with van der Waals surface area (Å²) in [6, 6.07) is 7.00. The van der Waals surface area contributed by atoms with Crippen LogP contribution in [0.5, 0.6) is 0 Å². The van der Waals surface area contributed by atoms with Crippen molar-refractivity contribution in [2.24, 2.45) is 0 Å². The van der Waals surface area contributed by atoms with Gasteiger partial charge in [-0.3, -0.25) is 4.79 Å². The van der Waals surface area contributed by atoms with E-state index in [4.69, 9.17) is 5.11 Å². The van der Waals surface area contributed by atoms with Crippen LogP contribution in [0.1, 0.15) is 29.3 Å². The number of hydrogen-bond acceptors (Lipinski definition) is 3. The van der Waals surface area contributed by atoms with Crippen LogP contribution in [0, 0.1) is 11.8 Å². The molecule has 1 fully saturated rings. The summed E-state index contributed by atoms with van der Waals surface area (Å²) in [5, 5.41) is 18.5. The molecule has 0 aromatic heterocycles. The Kier molecular flexibility index (Phi) is 3.89. The van der Waals surface area contributed by atoms with Crippen LogP contribution in [0.4, 0.5) is 0 Å². The topological polar surface area (TPSA) is 60.8 Å². The van der Waals surface area contributed by atoms with Gasteiger partial charge in [0.1, 0.15) is 6.61 Å². The van der Waals surface area contributed by atoms with Gasteiger partial charge in [-0.25, -0.2) is 0 Å². The minimum atomic E-state index is -0.788. The Labute approximate surface area is 112 Å². The molecule has 2 N–H and O–H groups in total. The zero-order valence-corrected chi connectivity index (χ0v) is 10.9. The van der Waals surface area contributed by atoms with Crippen molar-refractivity contribution in [3.63, 3.8) is 0 Å². The van der Waals surface area contributed by atoms with Gasteiger partial charge in [0.2, 0.25) is 0 Å². The van der Waals surface area contributed by atoms with E-state index in [2.05, 4.69) is 11.8 Å². The van der Waals surface area contributed by atoms with E-state index in [1.54, 1.807) is 36.1 Å². The summed E-state index contributed by atoms with van der Waals surface area (Å²) in [6.07, 6.45) is 0.600. The maximum Gasteiger partial charge on any atom is 0.253 e. The summed E-state index contributed by atoms with van der Waals surface area (Å²) in [5.41, 5.74) is 0.470. The van der Waals surface area contributed by atoms with Crippen molar-refractivity contribution in [1.29, 1.82) is 0 Å². The molecule has 19 heavy (non-hydrogen) atoms. The summed E-state index contributed by atoms with van der Waals surface area (Å²) < 4.78 is 0. The lowest BCUT2D eigenvalue weighted by atomic mass is 10.1. The van der Waals surface area contributed by atoms with Gasteiger partial charge in [0.15, 0.2) is 0 Å². The molecule has 2 rings (SSSR count). The van der Waals surface area contributed by atoms with Gasteiger partial charge in [-0.15, -0.1) is 0 Å². The van der Waals surface area contributed by atoms with E-state index in [1.807, 2.05) is 0 Å². The van der Waals surface area contributed by atoms with Crippen molar-refractivity contribution in [2.45, 2.75) is 18.9 Å². The number of likely N-dealkylation sites (tertiary alicyclic amines) is 1. The lowest BCUT2D eigenvalue weighted by molar-refractivity contribution is 0.0572. The van der Waals surface area contributed by atoms with Crippen LogP contribution >= 0.6 is 0 Å². The monoisotopic (exact) mass is 259 g/mol. The largest absolute Gasteiger partial charge is 0.388 e. The Morgan fingerprint density at radius 3 is 2.95 bits per heavy atom. The quantitative estimate of drug-likeness (QED) is 0.727. The molecule has 1 unspecified atom stereocenters. The molecule has 1 aromatic rings. The molecule has 1 saturated heterocycles. The van der Waals surface area contributed by atoms with Gasteiger partial charge >= 0.3 is 0 Å². The summed E-state index contributed by atoms with van der Waals surface area (Å²) in [7, 11) is 0. The second-order valence-electron chi connectivity index (χ2n) is 5.01. The Bertz CT molecular complexity index is 540. The van der Waals surface area contributed by atoms with Crippen molar-refractivity contribution in [1.82, 2.24) is 4.90 Å². The number of carbonyl (C=O) groups excluding carboxylic acids is 1. The molecule has 1 heterocycles. The van der Waals surface area contributed by atoms with Crippen molar-refractivity contribution in [2.75, 3.05) is 19.7 Å². The molecule has 1 aliphatic heterocycles. The van der Waals surface area contributed by atoms with Gasteiger partial charge in [-0.2, -0.15) is 0 Å². The van der Waals surface area contributed by atoms with Gasteiger partial charge in [-0.1, -0.05) is 17.9 Å². The number of amides is 1. The van der Waals surface area contributed by atoms with Crippen LogP contribution in [-0.2, 0) is 0 Å². The molecule has 0 bridgehead atoms. The van der Waals surface area contributed by atoms with Crippen LogP contribution in [0.15, 0.2) is 24.3 Å². The van der Waals surface area contributed by atoms with Crippen molar-refractivity contribution in [3.8, 4) is 11.8 Å². The van der Waals surface area contributed by atoms with Crippen molar-refractivity contribution in [3.05, 3.63) is 35.4 Å². The second kappa shape index (κ2) is 5.43. The van der Waals surface area contributed by atoms with E-state index in [9.17, 15) is 9.90 Å². The SMILES string of the molecule is CC1(O)CCN(C(=O)c2cccc(C#CCO)c2)C1. The van der Waals surface area contributed by atoms with E-state index in [0.29, 0.717) is 30.6 Å². The number of rotatable bonds is 1. The molecular formula is C15H17NO3.